The van der Waals surface area contributed by atoms with Crippen molar-refractivity contribution in [2.75, 3.05) is 13.7 Å². The molecule has 2 aromatic carbocycles. The summed E-state index contributed by atoms with van der Waals surface area (Å²) >= 11 is -2.57. The Morgan fingerprint density at radius 2 is 1.80 bits per heavy atom. The molecule has 186 valence electrons. The normalized spacial score (nSPS) is 18.6. The minimum absolute atomic E-state index is 0.0848. The third kappa shape index (κ3) is 6.25. The average Bonchev–Trinajstić information content (AvgIpc) is 2.85. The molecule has 11 heteroatoms. The SMILES string of the molecule is C=C(C)C(C(=O)OCc1ccc(OC)cc1)N1C(=O)C(NC(=O)COc2ccccc2)C1S(=O)O. The van der Waals surface area contributed by atoms with E-state index in [2.05, 4.69) is 11.9 Å². The highest BCUT2D eigenvalue weighted by molar-refractivity contribution is 7.80. The van der Waals surface area contributed by atoms with Gasteiger partial charge < -0.3 is 29.0 Å². The van der Waals surface area contributed by atoms with Gasteiger partial charge in [-0.1, -0.05) is 36.9 Å². The maximum absolute atomic E-state index is 12.8. The number of carbonyl (C=O) groups excluding carboxylic acids is 3. The fourth-order valence-corrected chi connectivity index (χ4v) is 4.33. The second kappa shape index (κ2) is 11.6. The van der Waals surface area contributed by atoms with Gasteiger partial charge in [0.1, 0.15) is 24.1 Å². The molecule has 1 aliphatic heterocycles. The van der Waals surface area contributed by atoms with Gasteiger partial charge in [0.2, 0.25) is 0 Å². The monoisotopic (exact) mass is 502 g/mol. The molecule has 0 saturated carbocycles. The van der Waals surface area contributed by atoms with Crippen LogP contribution in [0.5, 0.6) is 11.5 Å². The fourth-order valence-electron chi connectivity index (χ4n) is 3.50. The number of benzene rings is 2. The summed E-state index contributed by atoms with van der Waals surface area (Å²) in [6.07, 6.45) is 0. The van der Waals surface area contributed by atoms with Gasteiger partial charge >= 0.3 is 5.97 Å². The fraction of sp³-hybridized carbons (Fsp3) is 0.292. The molecule has 0 spiro atoms. The maximum Gasteiger partial charge on any atom is 0.333 e. The van der Waals surface area contributed by atoms with E-state index >= 15 is 0 Å². The summed E-state index contributed by atoms with van der Waals surface area (Å²) in [6, 6.07) is 12.8. The van der Waals surface area contributed by atoms with E-state index in [1.807, 2.05) is 0 Å². The lowest BCUT2D eigenvalue weighted by Gasteiger charge is -2.48. The summed E-state index contributed by atoms with van der Waals surface area (Å²) in [6.45, 7) is 4.76. The number of hydrogen-bond acceptors (Lipinski definition) is 7. The van der Waals surface area contributed by atoms with E-state index in [-0.39, 0.29) is 12.2 Å². The molecule has 0 bridgehead atoms. The van der Waals surface area contributed by atoms with Crippen LogP contribution in [0.3, 0.4) is 0 Å². The van der Waals surface area contributed by atoms with Crippen molar-refractivity contribution in [1.82, 2.24) is 10.2 Å². The van der Waals surface area contributed by atoms with Gasteiger partial charge in [-0.05, 0) is 42.3 Å². The molecule has 1 heterocycles. The highest BCUT2D eigenvalue weighted by atomic mass is 32.2. The number of amides is 2. The summed E-state index contributed by atoms with van der Waals surface area (Å²) in [7, 11) is 1.53. The Labute approximate surface area is 205 Å². The van der Waals surface area contributed by atoms with Crippen molar-refractivity contribution < 1.29 is 37.4 Å². The summed E-state index contributed by atoms with van der Waals surface area (Å²) in [5.41, 5.74) is 0.922. The van der Waals surface area contributed by atoms with Crippen molar-refractivity contribution in [1.29, 1.82) is 0 Å². The third-order valence-electron chi connectivity index (χ3n) is 5.22. The van der Waals surface area contributed by atoms with Gasteiger partial charge in [0.15, 0.2) is 29.1 Å². The van der Waals surface area contributed by atoms with Crippen molar-refractivity contribution in [3.63, 3.8) is 0 Å². The topological polar surface area (TPSA) is 131 Å². The number of β-lactam (4-membered cyclic amide) rings is 1. The number of ether oxygens (including phenoxy) is 3. The number of hydrogen-bond donors (Lipinski definition) is 2. The summed E-state index contributed by atoms with van der Waals surface area (Å²) < 4.78 is 37.6. The zero-order chi connectivity index (χ0) is 25.5. The highest BCUT2D eigenvalue weighted by Gasteiger charge is 2.56. The van der Waals surface area contributed by atoms with Crippen LogP contribution < -0.4 is 14.8 Å². The zero-order valence-corrected chi connectivity index (χ0v) is 20.0. The van der Waals surface area contributed by atoms with E-state index in [4.69, 9.17) is 14.2 Å². The van der Waals surface area contributed by atoms with Crippen molar-refractivity contribution >= 4 is 28.9 Å². The smallest absolute Gasteiger partial charge is 0.333 e. The number of likely N-dealkylation sites (tertiary alicyclic amines) is 1. The Kier molecular flexibility index (Phi) is 8.61. The van der Waals surface area contributed by atoms with Gasteiger partial charge in [0, 0.05) is 0 Å². The van der Waals surface area contributed by atoms with Crippen LogP contribution in [0.4, 0.5) is 0 Å². The van der Waals surface area contributed by atoms with Crippen LogP contribution in [0.1, 0.15) is 12.5 Å². The van der Waals surface area contributed by atoms with Gasteiger partial charge in [0.25, 0.3) is 11.8 Å². The van der Waals surface area contributed by atoms with E-state index in [0.717, 1.165) is 4.90 Å². The largest absolute Gasteiger partial charge is 0.497 e. The van der Waals surface area contributed by atoms with E-state index in [0.29, 0.717) is 17.1 Å². The lowest BCUT2D eigenvalue weighted by molar-refractivity contribution is -0.164. The second-order valence-corrected chi connectivity index (χ2v) is 8.80. The molecule has 1 saturated heterocycles. The number of rotatable bonds is 11. The van der Waals surface area contributed by atoms with Gasteiger partial charge in [-0.2, -0.15) is 0 Å². The molecule has 4 unspecified atom stereocenters. The van der Waals surface area contributed by atoms with E-state index in [1.165, 1.54) is 14.0 Å². The van der Waals surface area contributed by atoms with Crippen LogP contribution in [0, 0.1) is 0 Å². The van der Waals surface area contributed by atoms with Crippen molar-refractivity contribution in [3.05, 3.63) is 72.3 Å². The lowest BCUT2D eigenvalue weighted by atomic mass is 9.99. The van der Waals surface area contributed by atoms with Gasteiger partial charge in [-0.3, -0.25) is 9.59 Å². The van der Waals surface area contributed by atoms with E-state index < -0.39 is 52.9 Å². The third-order valence-corrected chi connectivity index (χ3v) is 6.14. The lowest BCUT2D eigenvalue weighted by Crippen LogP contribution is -2.75. The van der Waals surface area contributed by atoms with E-state index in [9.17, 15) is 23.1 Å². The molecule has 35 heavy (non-hydrogen) atoms. The van der Waals surface area contributed by atoms with E-state index in [1.54, 1.807) is 54.6 Å². The predicted molar refractivity (Wildman–Crippen MR) is 127 cm³/mol. The molecule has 1 aliphatic rings. The molecular weight excluding hydrogens is 476 g/mol. The molecule has 2 aromatic rings. The molecule has 10 nitrogen and oxygen atoms in total. The Morgan fingerprint density at radius 3 is 2.37 bits per heavy atom. The number of carbonyl (C=O) groups is 3. The van der Waals surface area contributed by atoms with Crippen LogP contribution >= 0.6 is 0 Å². The van der Waals surface area contributed by atoms with Crippen LogP contribution in [0.2, 0.25) is 0 Å². The van der Waals surface area contributed by atoms with Crippen LogP contribution in [0.25, 0.3) is 0 Å². The van der Waals surface area contributed by atoms with Gasteiger partial charge in [0.05, 0.1) is 7.11 Å². The first-order valence-electron chi connectivity index (χ1n) is 10.6. The molecule has 4 atom stereocenters. The number of methoxy groups -OCH3 is 1. The highest BCUT2D eigenvalue weighted by Crippen LogP contribution is 2.29. The first-order valence-corrected chi connectivity index (χ1v) is 11.7. The molecular formula is C24H26N2O8S. The molecule has 0 aromatic heterocycles. The minimum Gasteiger partial charge on any atom is -0.497 e. The molecule has 2 amide bonds. The Morgan fingerprint density at radius 1 is 1.14 bits per heavy atom. The predicted octanol–water partition coefficient (Wildman–Crippen LogP) is 1.64. The average molecular weight is 503 g/mol. The van der Waals surface area contributed by atoms with Crippen molar-refractivity contribution in [3.8, 4) is 11.5 Å². The van der Waals surface area contributed by atoms with Crippen LogP contribution in [-0.2, 0) is 36.8 Å². The summed E-state index contributed by atoms with van der Waals surface area (Å²) in [4.78, 5) is 38.9. The number of para-hydroxylation sites is 1. The van der Waals surface area contributed by atoms with Crippen molar-refractivity contribution in [2.45, 2.75) is 31.0 Å². The van der Waals surface area contributed by atoms with Crippen LogP contribution in [0.15, 0.2) is 66.7 Å². The first kappa shape index (κ1) is 25.9. The zero-order valence-electron chi connectivity index (χ0n) is 19.2. The molecule has 0 radical (unpaired) electrons. The molecule has 0 aliphatic carbocycles. The first-order chi connectivity index (χ1) is 16.7. The van der Waals surface area contributed by atoms with Crippen LogP contribution in [-0.4, -0.2) is 62.6 Å². The standard InChI is InChI=1S/C24H26N2O8S/c1-15(2)21(24(29)34-13-16-9-11-17(32-3)12-10-16)26-22(28)20(23(26)35(30)31)25-19(27)14-33-18-7-5-4-6-8-18/h4-12,20-21,23H,1,13-14H2,2-3H3,(H,25,27)(H,30,31). The number of nitrogens with zero attached hydrogens (tertiary/aromatic N) is 1. The number of esters is 1. The molecule has 3 rings (SSSR count). The quantitative estimate of drug-likeness (QED) is 0.205. The molecule has 2 N–H and O–H groups in total. The van der Waals surface area contributed by atoms with Gasteiger partial charge in [-0.25, -0.2) is 9.00 Å². The Bertz CT molecular complexity index is 1110. The summed E-state index contributed by atoms with van der Waals surface area (Å²) in [5, 5.41) is 1.03. The maximum atomic E-state index is 12.8. The molecule has 1 fully saturated rings. The second-order valence-electron chi connectivity index (χ2n) is 7.76. The minimum atomic E-state index is -2.57. The van der Waals surface area contributed by atoms with Crippen molar-refractivity contribution in [2.24, 2.45) is 0 Å². The number of nitrogens with one attached hydrogen (secondary N) is 1. The summed E-state index contributed by atoms with van der Waals surface area (Å²) in [5.74, 6) is -1.08. The van der Waals surface area contributed by atoms with Gasteiger partial charge in [-0.15, -0.1) is 0 Å². The Balaban J connectivity index is 1.64. The Hall–Kier alpha value is -3.70.